The van der Waals surface area contributed by atoms with Gasteiger partial charge in [0.05, 0.1) is 0 Å². The van der Waals surface area contributed by atoms with Crippen LogP contribution in [0.4, 0.5) is 0 Å². The SMILES string of the molecule is CC(C)(C)P(CC1=C(CP(C23CC4CC(CC(C4)C2)C3)C23CC4CC(CC(C4)C2)C3)C=C(c2ccccc2)C1c1ccccc1)C(C)(C)C. The van der Waals surface area contributed by atoms with Gasteiger partial charge in [0.1, 0.15) is 0 Å². The Kier molecular flexibility index (Phi) is 8.34. The molecule has 8 saturated carbocycles. The van der Waals surface area contributed by atoms with Crippen LogP contribution in [0.25, 0.3) is 5.57 Å². The molecule has 11 rings (SSSR count). The van der Waals surface area contributed by atoms with E-state index in [1.165, 1.54) is 23.5 Å². The van der Waals surface area contributed by atoms with Crippen LogP contribution in [0.2, 0.25) is 0 Å². The van der Waals surface area contributed by atoms with Gasteiger partial charge in [-0.2, -0.15) is 0 Å². The van der Waals surface area contributed by atoms with Crippen LogP contribution in [0.15, 0.2) is 77.9 Å². The van der Waals surface area contributed by atoms with Crippen molar-refractivity contribution in [1.29, 1.82) is 0 Å². The van der Waals surface area contributed by atoms with Crippen LogP contribution in [0.5, 0.6) is 0 Å². The van der Waals surface area contributed by atoms with Gasteiger partial charge in [-0.15, -0.1) is 0 Å². The average molecular weight is 691 g/mol. The Morgan fingerprint density at radius 1 is 0.551 bits per heavy atom. The first-order valence-corrected chi connectivity index (χ1v) is 23.5. The maximum Gasteiger partial charge on any atom is 0.0314 e. The lowest BCUT2D eigenvalue weighted by Crippen LogP contribution is -2.57. The first-order chi connectivity index (χ1) is 23.4. The highest BCUT2D eigenvalue weighted by atomic mass is 31.1. The molecule has 8 fully saturated rings. The third-order valence-corrected chi connectivity index (χ3v) is 23.0. The Bertz CT molecular complexity index is 1470. The molecule has 2 aromatic carbocycles. The summed E-state index contributed by atoms with van der Waals surface area (Å²) in [5.41, 5.74) is 8.23. The van der Waals surface area contributed by atoms with Crippen molar-refractivity contribution >= 4 is 21.4 Å². The fourth-order valence-electron chi connectivity index (χ4n) is 14.4. The second kappa shape index (κ2) is 12.2. The molecule has 8 bridgehead atoms. The molecule has 0 radical (unpaired) electrons. The predicted octanol–water partition coefficient (Wildman–Crippen LogP) is 13.7. The Hall–Kier alpha value is -1.22. The highest BCUT2D eigenvalue weighted by Gasteiger charge is 2.62. The highest BCUT2D eigenvalue weighted by molar-refractivity contribution is 7.61. The number of rotatable bonds is 8. The Labute approximate surface area is 302 Å². The van der Waals surface area contributed by atoms with Crippen molar-refractivity contribution in [2.24, 2.45) is 35.5 Å². The van der Waals surface area contributed by atoms with Gasteiger partial charge in [0, 0.05) is 5.92 Å². The van der Waals surface area contributed by atoms with Crippen molar-refractivity contribution in [1.82, 2.24) is 0 Å². The van der Waals surface area contributed by atoms with Gasteiger partial charge in [-0.05, 0) is 168 Å². The molecule has 0 N–H and O–H groups in total. The Balaban J connectivity index is 1.22. The summed E-state index contributed by atoms with van der Waals surface area (Å²) in [5.74, 6) is 6.66. The molecule has 1 atom stereocenters. The molecule has 9 aliphatic rings. The molecule has 0 spiro atoms. The van der Waals surface area contributed by atoms with Crippen LogP contribution in [0.1, 0.15) is 136 Å². The van der Waals surface area contributed by atoms with E-state index in [0.717, 1.165) is 35.5 Å². The van der Waals surface area contributed by atoms with Crippen molar-refractivity contribution in [2.75, 3.05) is 12.3 Å². The summed E-state index contributed by atoms with van der Waals surface area (Å²) in [6, 6.07) is 23.4. The molecule has 0 aliphatic heterocycles. The maximum atomic E-state index is 2.83. The molecule has 2 aromatic rings. The first kappa shape index (κ1) is 33.6. The molecule has 49 heavy (non-hydrogen) atoms. The number of benzene rings is 2. The topological polar surface area (TPSA) is 0 Å². The minimum Gasteiger partial charge on any atom is -0.0914 e. The lowest BCUT2D eigenvalue weighted by molar-refractivity contribution is 0.0187. The zero-order valence-electron chi connectivity index (χ0n) is 31.7. The van der Waals surface area contributed by atoms with Crippen LogP contribution in [-0.2, 0) is 0 Å². The average Bonchev–Trinajstić information content (AvgIpc) is 3.39. The molecule has 2 heteroatoms. The molecule has 0 aromatic heterocycles. The third kappa shape index (κ3) is 6.02. The van der Waals surface area contributed by atoms with Crippen molar-refractivity contribution in [3.05, 3.63) is 89.0 Å². The van der Waals surface area contributed by atoms with Gasteiger partial charge < -0.3 is 0 Å². The van der Waals surface area contributed by atoms with E-state index in [1.54, 1.807) is 82.6 Å². The quantitative estimate of drug-likeness (QED) is 0.242. The minimum atomic E-state index is -0.248. The van der Waals surface area contributed by atoms with Crippen molar-refractivity contribution in [3.8, 4) is 0 Å². The summed E-state index contributed by atoms with van der Waals surface area (Å²) in [6.07, 6.45) is 24.6. The fourth-order valence-corrected chi connectivity index (χ4v) is 23.3. The van der Waals surface area contributed by atoms with Gasteiger partial charge in [0.2, 0.25) is 0 Å². The van der Waals surface area contributed by atoms with Gasteiger partial charge in [0.15, 0.2) is 0 Å². The molecule has 0 nitrogen and oxygen atoms in total. The van der Waals surface area contributed by atoms with Gasteiger partial charge >= 0.3 is 0 Å². The maximum absolute atomic E-state index is 2.83. The number of hydrogen-bond acceptors (Lipinski definition) is 0. The van der Waals surface area contributed by atoms with Gasteiger partial charge in [-0.25, -0.2) is 0 Å². The predicted molar refractivity (Wildman–Crippen MR) is 216 cm³/mol. The summed E-state index contributed by atoms with van der Waals surface area (Å²) in [6.45, 7) is 15.3. The molecule has 0 saturated heterocycles. The van der Waals surface area contributed by atoms with E-state index >= 15 is 0 Å². The standard InChI is InChI=1S/C47H64P2/c1-44(2,3)48(45(4,5)6)31-42-40(23-41(38-13-9-7-10-14-38)43(42)39-15-11-8-12-16-39)30-49(46-24-32-17-33(25-46)19-34(18-32)26-46)47-27-35-20-36(28-47)22-37(21-35)29-47/h7-16,23,32-37,43H,17-22,24-31H2,1-6H3. The van der Waals surface area contributed by atoms with Crippen LogP contribution in [0.3, 0.4) is 0 Å². The Morgan fingerprint density at radius 3 is 1.37 bits per heavy atom. The molecule has 0 amide bonds. The van der Waals surface area contributed by atoms with Crippen LogP contribution >= 0.6 is 15.8 Å². The summed E-state index contributed by atoms with van der Waals surface area (Å²) in [7, 11) is -0.347. The van der Waals surface area contributed by atoms with E-state index in [9.17, 15) is 0 Å². The Morgan fingerprint density at radius 2 is 0.959 bits per heavy atom. The van der Waals surface area contributed by atoms with Crippen molar-refractivity contribution in [2.45, 2.75) is 145 Å². The number of allylic oxidation sites excluding steroid dienone is 4. The van der Waals surface area contributed by atoms with Gasteiger partial charge in [-0.3, -0.25) is 0 Å². The number of hydrogen-bond donors (Lipinski definition) is 0. The lowest BCUT2D eigenvalue weighted by Gasteiger charge is -2.67. The van der Waals surface area contributed by atoms with Gasteiger partial charge in [-0.1, -0.05) is 130 Å². The van der Waals surface area contributed by atoms with Crippen molar-refractivity contribution in [3.63, 3.8) is 0 Å². The summed E-state index contributed by atoms with van der Waals surface area (Å²) < 4.78 is 0. The lowest BCUT2D eigenvalue weighted by atomic mass is 9.55. The van der Waals surface area contributed by atoms with E-state index in [4.69, 9.17) is 0 Å². The first-order valence-electron chi connectivity index (χ1n) is 20.5. The van der Waals surface area contributed by atoms with Crippen LogP contribution in [0, 0.1) is 35.5 Å². The minimum absolute atomic E-state index is 0.0989. The second-order valence-electron chi connectivity index (χ2n) is 20.7. The third-order valence-electron chi connectivity index (χ3n) is 15.1. The molecule has 0 heterocycles. The monoisotopic (exact) mass is 690 g/mol. The molecule has 1 unspecified atom stereocenters. The summed E-state index contributed by atoms with van der Waals surface area (Å²) in [5, 5.41) is 1.95. The normalized spacial score (nSPS) is 38.5. The zero-order valence-corrected chi connectivity index (χ0v) is 33.5. The van der Waals surface area contributed by atoms with Crippen molar-refractivity contribution < 1.29 is 0 Å². The molecular formula is C47H64P2. The van der Waals surface area contributed by atoms with Gasteiger partial charge in [0.25, 0.3) is 0 Å². The van der Waals surface area contributed by atoms with E-state index < -0.39 is 0 Å². The zero-order chi connectivity index (χ0) is 33.8. The molecular weight excluding hydrogens is 626 g/mol. The van der Waals surface area contributed by atoms with E-state index in [-0.39, 0.29) is 15.8 Å². The molecule has 262 valence electrons. The molecule has 9 aliphatic carbocycles. The smallest absolute Gasteiger partial charge is 0.0314 e. The second-order valence-corrected chi connectivity index (χ2v) is 27.6. The van der Waals surface area contributed by atoms with Crippen LogP contribution < -0.4 is 0 Å². The highest BCUT2D eigenvalue weighted by Crippen LogP contribution is 2.79. The van der Waals surface area contributed by atoms with Crippen LogP contribution in [-0.4, -0.2) is 32.9 Å². The largest absolute Gasteiger partial charge is 0.0914 e. The van der Waals surface area contributed by atoms with E-state index in [1.807, 2.05) is 11.1 Å². The fraction of sp³-hybridized carbons (Fsp3) is 0.660. The van der Waals surface area contributed by atoms with E-state index in [2.05, 4.69) is 108 Å². The summed E-state index contributed by atoms with van der Waals surface area (Å²) in [4.78, 5) is 0. The summed E-state index contributed by atoms with van der Waals surface area (Å²) >= 11 is 0. The van der Waals surface area contributed by atoms with E-state index in [0.29, 0.717) is 26.5 Å².